The van der Waals surface area contributed by atoms with E-state index in [1.54, 1.807) is 0 Å². The number of nitrogens with one attached hydrogen (secondary N) is 1. The summed E-state index contributed by atoms with van der Waals surface area (Å²) < 4.78 is 52.8. The van der Waals surface area contributed by atoms with E-state index in [1.165, 1.54) is 36.4 Å². The molecule has 1 N–H and O–H groups in total. The van der Waals surface area contributed by atoms with Gasteiger partial charge in [0.05, 0.1) is 10.6 Å². The van der Waals surface area contributed by atoms with Crippen LogP contribution in [0.15, 0.2) is 71.6 Å². The molecule has 0 radical (unpaired) electrons. The summed E-state index contributed by atoms with van der Waals surface area (Å²) in [6.07, 6.45) is 0. The molecule has 7 nitrogen and oxygen atoms in total. The van der Waals surface area contributed by atoms with Gasteiger partial charge in [-0.25, -0.2) is 12.8 Å². The number of sulfonamides is 1. The van der Waals surface area contributed by atoms with Gasteiger partial charge in [0.25, 0.3) is 10.0 Å². The van der Waals surface area contributed by atoms with Crippen molar-refractivity contribution in [3.63, 3.8) is 0 Å². The summed E-state index contributed by atoms with van der Waals surface area (Å²) >= 11 is 0. The molecule has 0 aliphatic carbocycles. The van der Waals surface area contributed by atoms with Crippen LogP contribution in [0.25, 0.3) is 0 Å². The number of fused-ring (bicyclic) bond motifs is 1. The Morgan fingerprint density at radius 1 is 1.00 bits per heavy atom. The Hall–Kier alpha value is -3.59. The molecule has 1 amide bonds. The summed E-state index contributed by atoms with van der Waals surface area (Å²) in [5, 5.41) is 2.73. The third-order valence-electron chi connectivity index (χ3n) is 5.06. The van der Waals surface area contributed by atoms with Crippen LogP contribution in [0.1, 0.15) is 11.1 Å². The fourth-order valence-corrected chi connectivity index (χ4v) is 4.90. The average molecular weight is 471 g/mol. The second kappa shape index (κ2) is 9.50. The molecule has 0 spiro atoms. The van der Waals surface area contributed by atoms with Gasteiger partial charge < -0.3 is 14.8 Å². The fourth-order valence-electron chi connectivity index (χ4n) is 3.47. The second-order valence-corrected chi connectivity index (χ2v) is 9.43. The van der Waals surface area contributed by atoms with Gasteiger partial charge in [-0.15, -0.1) is 0 Å². The predicted molar refractivity (Wildman–Crippen MR) is 121 cm³/mol. The summed E-state index contributed by atoms with van der Waals surface area (Å²) in [4.78, 5) is 12.6. The normalized spacial score (nSPS) is 12.8. The van der Waals surface area contributed by atoms with Crippen molar-refractivity contribution in [2.24, 2.45) is 0 Å². The Labute approximate surface area is 191 Å². The van der Waals surface area contributed by atoms with Gasteiger partial charge in [-0.3, -0.25) is 9.10 Å². The van der Waals surface area contributed by atoms with Crippen molar-refractivity contribution < 1.29 is 27.1 Å². The van der Waals surface area contributed by atoms with Crippen molar-refractivity contribution in [1.29, 1.82) is 0 Å². The quantitative estimate of drug-likeness (QED) is 0.572. The zero-order valence-electron chi connectivity index (χ0n) is 18.0. The van der Waals surface area contributed by atoms with Gasteiger partial charge in [-0.05, 0) is 42.8 Å². The standard InChI is InChI=1S/C24H23FN2O5S/c1-17-4-2-5-18(12-17)15-26-24(28)16-27(20-7-3-6-19(25)13-20)33(29,30)21-8-9-22-23(14-21)32-11-10-31-22/h2-9,12-14H,10-11,15-16H2,1H3,(H,26,28). The van der Waals surface area contributed by atoms with E-state index in [0.29, 0.717) is 24.7 Å². The Kier molecular flexibility index (Phi) is 6.50. The van der Waals surface area contributed by atoms with Crippen LogP contribution in [0.3, 0.4) is 0 Å². The molecule has 0 bridgehead atoms. The van der Waals surface area contributed by atoms with Gasteiger partial charge in [0.15, 0.2) is 11.5 Å². The first kappa shape index (κ1) is 22.6. The lowest BCUT2D eigenvalue weighted by Crippen LogP contribution is -2.40. The van der Waals surface area contributed by atoms with Crippen molar-refractivity contribution in [2.75, 3.05) is 24.1 Å². The minimum Gasteiger partial charge on any atom is -0.486 e. The van der Waals surface area contributed by atoms with Gasteiger partial charge in [0.2, 0.25) is 5.91 Å². The van der Waals surface area contributed by atoms with Crippen LogP contribution in [-0.2, 0) is 21.4 Å². The van der Waals surface area contributed by atoms with E-state index in [-0.39, 0.29) is 17.1 Å². The van der Waals surface area contributed by atoms with Crippen LogP contribution in [0.2, 0.25) is 0 Å². The van der Waals surface area contributed by atoms with Crippen molar-refractivity contribution in [3.8, 4) is 11.5 Å². The predicted octanol–water partition coefficient (Wildman–Crippen LogP) is 3.42. The molecule has 1 aliphatic rings. The van der Waals surface area contributed by atoms with E-state index in [1.807, 2.05) is 31.2 Å². The molecular formula is C24H23FN2O5S. The third kappa shape index (κ3) is 5.25. The van der Waals surface area contributed by atoms with Crippen LogP contribution in [-0.4, -0.2) is 34.1 Å². The van der Waals surface area contributed by atoms with Crippen molar-refractivity contribution in [3.05, 3.63) is 83.7 Å². The smallest absolute Gasteiger partial charge is 0.264 e. The lowest BCUT2D eigenvalue weighted by atomic mass is 10.1. The monoisotopic (exact) mass is 470 g/mol. The van der Waals surface area contributed by atoms with Gasteiger partial charge in [-0.2, -0.15) is 0 Å². The van der Waals surface area contributed by atoms with Crippen LogP contribution >= 0.6 is 0 Å². The van der Waals surface area contributed by atoms with Crippen LogP contribution in [0.4, 0.5) is 10.1 Å². The molecule has 0 saturated carbocycles. The summed E-state index contributed by atoms with van der Waals surface area (Å²) in [6.45, 7) is 2.33. The van der Waals surface area contributed by atoms with Crippen molar-refractivity contribution >= 4 is 21.6 Å². The number of rotatable bonds is 7. The maximum Gasteiger partial charge on any atom is 0.264 e. The van der Waals surface area contributed by atoms with Crippen LogP contribution in [0, 0.1) is 12.7 Å². The summed E-state index contributed by atoms with van der Waals surface area (Å²) in [5.41, 5.74) is 1.97. The van der Waals surface area contributed by atoms with Gasteiger partial charge in [0.1, 0.15) is 25.6 Å². The third-order valence-corrected chi connectivity index (χ3v) is 6.83. The second-order valence-electron chi connectivity index (χ2n) is 7.56. The maximum atomic E-state index is 13.9. The lowest BCUT2D eigenvalue weighted by molar-refractivity contribution is -0.119. The molecule has 172 valence electrons. The number of halogens is 1. The van der Waals surface area contributed by atoms with Gasteiger partial charge in [-0.1, -0.05) is 35.9 Å². The highest BCUT2D eigenvalue weighted by Gasteiger charge is 2.29. The molecule has 1 heterocycles. The number of amides is 1. The number of hydrogen-bond donors (Lipinski definition) is 1. The minimum atomic E-state index is -4.22. The van der Waals surface area contributed by atoms with E-state index in [9.17, 15) is 17.6 Å². The van der Waals surface area contributed by atoms with Crippen LogP contribution in [0.5, 0.6) is 11.5 Å². The fraction of sp³-hybridized carbons (Fsp3) is 0.208. The highest BCUT2D eigenvalue weighted by molar-refractivity contribution is 7.92. The van der Waals surface area contributed by atoms with Crippen LogP contribution < -0.4 is 19.1 Å². The van der Waals surface area contributed by atoms with Crippen molar-refractivity contribution in [2.45, 2.75) is 18.4 Å². The van der Waals surface area contributed by atoms with E-state index < -0.39 is 28.3 Å². The molecule has 0 aromatic heterocycles. The van der Waals surface area contributed by atoms with E-state index >= 15 is 0 Å². The first-order valence-electron chi connectivity index (χ1n) is 10.3. The summed E-state index contributed by atoms with van der Waals surface area (Å²) in [7, 11) is -4.22. The number of carbonyl (C=O) groups is 1. The Balaban J connectivity index is 1.61. The molecule has 3 aromatic rings. The lowest BCUT2D eigenvalue weighted by Gasteiger charge is -2.25. The SMILES string of the molecule is Cc1cccc(CNC(=O)CN(c2cccc(F)c2)S(=O)(=O)c2ccc3c(c2)OCCO3)c1. The largest absolute Gasteiger partial charge is 0.486 e. The molecule has 1 aliphatic heterocycles. The number of benzene rings is 3. The number of carbonyl (C=O) groups excluding carboxylic acids is 1. The van der Waals surface area contributed by atoms with Crippen molar-refractivity contribution in [1.82, 2.24) is 5.32 Å². The Morgan fingerprint density at radius 2 is 1.76 bits per heavy atom. The molecule has 9 heteroatoms. The minimum absolute atomic E-state index is 0.0376. The molecule has 0 fully saturated rings. The molecule has 3 aromatic carbocycles. The molecule has 4 rings (SSSR count). The molecular weight excluding hydrogens is 447 g/mol. The molecule has 0 unspecified atom stereocenters. The number of ether oxygens (including phenoxy) is 2. The summed E-state index contributed by atoms with van der Waals surface area (Å²) in [6, 6.07) is 16.9. The molecule has 0 saturated heterocycles. The first-order chi connectivity index (χ1) is 15.8. The number of hydrogen-bond acceptors (Lipinski definition) is 5. The van der Waals surface area contributed by atoms with E-state index in [4.69, 9.17) is 9.47 Å². The zero-order chi connectivity index (χ0) is 23.4. The zero-order valence-corrected chi connectivity index (χ0v) is 18.8. The van der Waals surface area contributed by atoms with Gasteiger partial charge >= 0.3 is 0 Å². The number of nitrogens with zero attached hydrogens (tertiary/aromatic N) is 1. The molecule has 0 atom stereocenters. The number of aryl methyl sites for hydroxylation is 1. The Bertz CT molecular complexity index is 1280. The first-order valence-corrected chi connectivity index (χ1v) is 11.8. The Morgan fingerprint density at radius 3 is 2.52 bits per heavy atom. The summed E-state index contributed by atoms with van der Waals surface area (Å²) in [5.74, 6) is -0.407. The van der Waals surface area contributed by atoms with E-state index in [2.05, 4.69) is 5.32 Å². The van der Waals surface area contributed by atoms with E-state index in [0.717, 1.165) is 21.5 Å². The maximum absolute atomic E-state index is 13.9. The average Bonchev–Trinajstić information content (AvgIpc) is 2.81. The van der Waals surface area contributed by atoms with Gasteiger partial charge in [0, 0.05) is 12.6 Å². The molecule has 33 heavy (non-hydrogen) atoms. The highest BCUT2D eigenvalue weighted by atomic mass is 32.2. The topological polar surface area (TPSA) is 84.9 Å². The highest BCUT2D eigenvalue weighted by Crippen LogP contribution is 2.34. The number of anilines is 1.